The average molecular weight is 407 g/mol. The summed E-state index contributed by atoms with van der Waals surface area (Å²) in [7, 11) is 2.77. The predicted molar refractivity (Wildman–Crippen MR) is 103 cm³/mol. The second-order valence-corrected chi connectivity index (χ2v) is 6.51. The first kappa shape index (κ1) is 21.2. The minimum absolute atomic E-state index is 0.127. The Labute approximate surface area is 166 Å². The highest BCUT2D eigenvalue weighted by atomic mass is 32.1. The van der Waals surface area contributed by atoms with Gasteiger partial charge in [-0.2, -0.15) is 0 Å². The summed E-state index contributed by atoms with van der Waals surface area (Å²) in [6.07, 6.45) is 0. The number of anilines is 1. The topological polar surface area (TPSA) is 100 Å². The van der Waals surface area contributed by atoms with Crippen LogP contribution in [-0.4, -0.2) is 45.3 Å². The first-order valence-electron chi connectivity index (χ1n) is 8.36. The Balaban J connectivity index is 2.17. The van der Waals surface area contributed by atoms with Gasteiger partial charge in [-0.25, -0.2) is 9.59 Å². The zero-order valence-electron chi connectivity index (χ0n) is 16.0. The number of benzene rings is 1. The Kier molecular flexibility index (Phi) is 7.39. The van der Waals surface area contributed by atoms with E-state index in [0.717, 1.165) is 11.3 Å². The highest BCUT2D eigenvalue weighted by Crippen LogP contribution is 2.34. The summed E-state index contributed by atoms with van der Waals surface area (Å²) in [4.78, 5) is 36.7. The Morgan fingerprint density at radius 3 is 2.46 bits per heavy atom. The maximum atomic E-state index is 12.3. The van der Waals surface area contributed by atoms with Gasteiger partial charge in [-0.3, -0.25) is 4.79 Å². The van der Waals surface area contributed by atoms with Gasteiger partial charge in [0.1, 0.15) is 21.4 Å². The molecule has 0 saturated heterocycles. The van der Waals surface area contributed by atoms with Crippen LogP contribution in [0.5, 0.6) is 11.5 Å². The minimum Gasteiger partial charge on any atom is -0.497 e. The summed E-state index contributed by atoms with van der Waals surface area (Å²) in [5.41, 5.74) is 0.515. The van der Waals surface area contributed by atoms with Crippen molar-refractivity contribution in [3.8, 4) is 11.5 Å². The third kappa shape index (κ3) is 5.01. The molecule has 150 valence electrons. The number of hydrogen-bond acceptors (Lipinski definition) is 8. The van der Waals surface area contributed by atoms with Crippen molar-refractivity contribution in [1.29, 1.82) is 0 Å². The molecule has 0 bridgehead atoms. The van der Waals surface area contributed by atoms with Gasteiger partial charge >= 0.3 is 11.9 Å². The molecule has 0 fully saturated rings. The second kappa shape index (κ2) is 9.75. The molecule has 0 radical (unpaired) electrons. The number of nitrogens with one attached hydrogen (secondary N) is 1. The average Bonchev–Trinajstić information content (AvgIpc) is 3.02. The number of carbonyl (C=O) groups is 3. The van der Waals surface area contributed by atoms with Crippen molar-refractivity contribution in [2.24, 2.45) is 0 Å². The molecule has 28 heavy (non-hydrogen) atoms. The van der Waals surface area contributed by atoms with E-state index in [1.807, 2.05) is 0 Å². The molecule has 0 atom stereocenters. The van der Waals surface area contributed by atoms with Crippen molar-refractivity contribution in [2.45, 2.75) is 13.8 Å². The molecule has 1 aromatic heterocycles. The quantitative estimate of drug-likeness (QED) is 0.671. The van der Waals surface area contributed by atoms with Gasteiger partial charge in [0.05, 0.1) is 26.4 Å². The lowest BCUT2D eigenvalue weighted by Crippen LogP contribution is -2.21. The molecule has 1 N–H and O–H groups in total. The van der Waals surface area contributed by atoms with Gasteiger partial charge in [-0.1, -0.05) is 6.07 Å². The van der Waals surface area contributed by atoms with Crippen LogP contribution in [0.2, 0.25) is 0 Å². The fourth-order valence-corrected chi connectivity index (χ4v) is 3.47. The van der Waals surface area contributed by atoms with Crippen molar-refractivity contribution in [3.05, 3.63) is 40.3 Å². The van der Waals surface area contributed by atoms with E-state index in [4.69, 9.17) is 18.9 Å². The summed E-state index contributed by atoms with van der Waals surface area (Å²) < 4.78 is 20.3. The number of esters is 2. The van der Waals surface area contributed by atoms with E-state index in [1.54, 1.807) is 38.1 Å². The summed E-state index contributed by atoms with van der Waals surface area (Å²) in [6.45, 7) is 3.13. The normalized spacial score (nSPS) is 10.1. The molecule has 0 aliphatic carbocycles. The van der Waals surface area contributed by atoms with E-state index >= 15 is 0 Å². The Morgan fingerprint density at radius 1 is 1.11 bits per heavy atom. The maximum Gasteiger partial charge on any atom is 0.348 e. The number of carbonyl (C=O) groups excluding carboxylic acids is 3. The molecule has 8 nitrogen and oxygen atoms in total. The predicted octanol–water partition coefficient (Wildman–Crippen LogP) is 3.05. The van der Waals surface area contributed by atoms with Gasteiger partial charge in [0.25, 0.3) is 5.91 Å². The van der Waals surface area contributed by atoms with Crippen molar-refractivity contribution in [3.63, 3.8) is 0 Å². The smallest absolute Gasteiger partial charge is 0.348 e. The van der Waals surface area contributed by atoms with Crippen molar-refractivity contribution >= 4 is 34.2 Å². The van der Waals surface area contributed by atoms with Gasteiger partial charge in [-0.05, 0) is 31.5 Å². The van der Waals surface area contributed by atoms with Crippen molar-refractivity contribution < 1.29 is 33.3 Å². The number of rotatable bonds is 8. The van der Waals surface area contributed by atoms with Gasteiger partial charge in [-0.15, -0.1) is 11.3 Å². The standard InChI is InChI=1S/C19H21NO7S/c1-5-26-18(22)15-11(2)16(19(23)25-4)28-17(15)20-14(21)10-27-13-8-6-7-12(9-13)24-3/h6-9H,5,10H2,1-4H3,(H,20,21). The number of methoxy groups -OCH3 is 2. The second-order valence-electron chi connectivity index (χ2n) is 5.49. The van der Waals surface area contributed by atoms with Crippen LogP contribution in [0.15, 0.2) is 24.3 Å². The Bertz CT molecular complexity index is 875. The van der Waals surface area contributed by atoms with Crippen LogP contribution < -0.4 is 14.8 Å². The summed E-state index contributed by atoms with van der Waals surface area (Å²) >= 11 is 0.946. The van der Waals surface area contributed by atoms with Crippen LogP contribution in [0.1, 0.15) is 32.5 Å². The van der Waals surface area contributed by atoms with Crippen LogP contribution in [0.3, 0.4) is 0 Å². The largest absolute Gasteiger partial charge is 0.497 e. The molecule has 1 amide bonds. The monoisotopic (exact) mass is 407 g/mol. The van der Waals surface area contributed by atoms with Gasteiger partial charge in [0.15, 0.2) is 6.61 Å². The van der Waals surface area contributed by atoms with E-state index in [-0.39, 0.29) is 28.7 Å². The van der Waals surface area contributed by atoms with Crippen molar-refractivity contribution in [1.82, 2.24) is 0 Å². The van der Waals surface area contributed by atoms with Crippen LogP contribution in [0.25, 0.3) is 0 Å². The molecule has 0 unspecified atom stereocenters. The highest BCUT2D eigenvalue weighted by Gasteiger charge is 2.27. The first-order valence-corrected chi connectivity index (χ1v) is 9.18. The molecule has 0 saturated carbocycles. The molecule has 2 aromatic rings. The molecule has 0 aliphatic heterocycles. The Morgan fingerprint density at radius 2 is 1.82 bits per heavy atom. The lowest BCUT2D eigenvalue weighted by Gasteiger charge is -2.09. The zero-order chi connectivity index (χ0) is 20.7. The van der Waals surface area contributed by atoms with Gasteiger partial charge < -0.3 is 24.3 Å². The molecule has 1 aromatic carbocycles. The molecule has 2 rings (SSSR count). The molecule has 9 heteroatoms. The molecular formula is C19H21NO7S. The van der Waals surface area contributed by atoms with E-state index in [1.165, 1.54) is 14.2 Å². The lowest BCUT2D eigenvalue weighted by molar-refractivity contribution is -0.118. The van der Waals surface area contributed by atoms with E-state index in [2.05, 4.69) is 5.32 Å². The first-order chi connectivity index (χ1) is 13.4. The summed E-state index contributed by atoms with van der Waals surface area (Å²) in [5.74, 6) is -0.667. The van der Waals surface area contributed by atoms with E-state index in [9.17, 15) is 14.4 Å². The maximum absolute atomic E-state index is 12.3. The summed E-state index contributed by atoms with van der Waals surface area (Å²) in [5, 5.41) is 2.81. The lowest BCUT2D eigenvalue weighted by atomic mass is 10.1. The number of amides is 1. The third-order valence-electron chi connectivity index (χ3n) is 3.66. The van der Waals surface area contributed by atoms with Gasteiger partial charge in [0.2, 0.25) is 0 Å². The highest BCUT2D eigenvalue weighted by molar-refractivity contribution is 7.18. The third-order valence-corrected chi connectivity index (χ3v) is 4.85. The van der Waals surface area contributed by atoms with Crippen molar-refractivity contribution in [2.75, 3.05) is 32.8 Å². The SMILES string of the molecule is CCOC(=O)c1c(NC(=O)COc2cccc(OC)c2)sc(C(=O)OC)c1C. The van der Waals surface area contributed by atoms with E-state index in [0.29, 0.717) is 17.1 Å². The zero-order valence-corrected chi connectivity index (χ0v) is 16.8. The fraction of sp³-hybridized carbons (Fsp3) is 0.316. The molecule has 0 aliphatic rings. The molecule has 0 spiro atoms. The van der Waals surface area contributed by atoms with Crippen LogP contribution in [0, 0.1) is 6.92 Å². The van der Waals surface area contributed by atoms with Crippen LogP contribution >= 0.6 is 11.3 Å². The fourth-order valence-electron chi connectivity index (χ4n) is 2.34. The summed E-state index contributed by atoms with van der Waals surface area (Å²) in [6, 6.07) is 6.81. The van der Waals surface area contributed by atoms with E-state index < -0.39 is 17.8 Å². The Hall–Kier alpha value is -3.07. The minimum atomic E-state index is -0.629. The van der Waals surface area contributed by atoms with Crippen LogP contribution in [-0.2, 0) is 14.3 Å². The van der Waals surface area contributed by atoms with Gasteiger partial charge in [0, 0.05) is 6.07 Å². The number of thiophene rings is 1. The number of hydrogen-bond donors (Lipinski definition) is 1. The number of ether oxygens (including phenoxy) is 4. The molecule has 1 heterocycles. The van der Waals surface area contributed by atoms with Crippen LogP contribution in [0.4, 0.5) is 5.00 Å². The molecular weight excluding hydrogens is 386 g/mol.